The molecule has 4 aromatic carbocycles. The number of rotatable bonds is 22. The Bertz CT molecular complexity index is 1780. The standard InChI is InChI=1S/2C21H28O5S.Ca/c2*1-2-3-4-5-6-7-9-12-17-15-18(22)16-20(27(23,24)25)21(17)26-19-13-10-8-11-14-19;/h2*8,10-11,13-16,22H,2-7,9,12H2,1H3,(H,23,24,25);/q;;+2/p-2. The predicted octanol–water partition coefficient (Wildman–Crippen LogP) is 10.1. The summed E-state index contributed by atoms with van der Waals surface area (Å²) in [6.07, 6.45) is 16.6. The van der Waals surface area contributed by atoms with Crippen molar-refractivity contribution in [3.63, 3.8) is 0 Å². The molecule has 0 aliphatic carbocycles. The number of hydrogen-bond donors (Lipinski definition) is 2. The van der Waals surface area contributed by atoms with Crippen LogP contribution in [-0.4, -0.2) is 68.8 Å². The second kappa shape index (κ2) is 25.4. The third-order valence-corrected chi connectivity index (χ3v) is 10.5. The molecule has 0 saturated carbocycles. The van der Waals surface area contributed by atoms with Crippen LogP contribution in [0.15, 0.2) is 94.7 Å². The second-order valence-corrected chi connectivity index (χ2v) is 16.1. The van der Waals surface area contributed by atoms with Crippen LogP contribution in [0.1, 0.15) is 115 Å². The third-order valence-electron chi connectivity index (χ3n) is 8.79. The Balaban J connectivity index is 0.000000373. The van der Waals surface area contributed by atoms with Crippen molar-refractivity contribution in [3.8, 4) is 34.5 Å². The van der Waals surface area contributed by atoms with Crippen LogP contribution in [0.4, 0.5) is 0 Å². The van der Waals surface area contributed by atoms with Crippen LogP contribution in [0.3, 0.4) is 0 Å². The minimum atomic E-state index is -4.82. The SMILES string of the molecule is CCCCCCCCCc1cc(O)cc(S(=O)(=O)O)c1Oc1ccccc1.CCCCCCCCCc1cc([O-])cc(S(=O)(=O)[O-])c1Oc1ccccc1.[Ca+2]. The largest absolute Gasteiger partial charge is 2.00 e. The van der Waals surface area contributed by atoms with Crippen molar-refractivity contribution in [2.24, 2.45) is 0 Å². The van der Waals surface area contributed by atoms with Gasteiger partial charge >= 0.3 is 37.7 Å². The summed E-state index contributed by atoms with van der Waals surface area (Å²) in [5.41, 5.74) is 1.04. The Hall–Kier alpha value is -2.84. The number of unbranched alkanes of at least 4 members (excludes halogenated alkanes) is 12. The molecule has 0 aliphatic rings. The fourth-order valence-electron chi connectivity index (χ4n) is 6.01. The van der Waals surface area contributed by atoms with Gasteiger partial charge in [0.25, 0.3) is 10.1 Å². The number of aromatic hydroxyl groups is 1. The topological polar surface area (TPSA) is 173 Å². The van der Waals surface area contributed by atoms with Crippen molar-refractivity contribution in [2.75, 3.05) is 0 Å². The van der Waals surface area contributed by atoms with Crippen molar-refractivity contribution < 1.29 is 45.6 Å². The molecule has 13 heteroatoms. The van der Waals surface area contributed by atoms with Gasteiger partial charge in [0, 0.05) is 6.07 Å². The number of phenols is 1. The quantitative estimate of drug-likeness (QED) is 0.0441. The molecule has 10 nitrogen and oxygen atoms in total. The van der Waals surface area contributed by atoms with Crippen LogP contribution in [0.5, 0.6) is 34.5 Å². The number of benzene rings is 4. The predicted molar refractivity (Wildman–Crippen MR) is 214 cm³/mol. The molecule has 296 valence electrons. The smallest absolute Gasteiger partial charge is 0.872 e. The van der Waals surface area contributed by atoms with E-state index in [4.69, 9.17) is 9.47 Å². The summed E-state index contributed by atoms with van der Waals surface area (Å²) in [6, 6.07) is 22.2. The molecule has 0 unspecified atom stereocenters. The van der Waals surface area contributed by atoms with E-state index in [9.17, 15) is 36.2 Å². The average molecular weight is 823 g/mol. The Morgan fingerprint density at radius 2 is 0.964 bits per heavy atom. The van der Waals surface area contributed by atoms with Gasteiger partial charge in [0.1, 0.15) is 38.0 Å². The fourth-order valence-corrected chi connectivity index (χ4v) is 7.35. The van der Waals surface area contributed by atoms with Crippen LogP contribution in [-0.2, 0) is 33.1 Å². The molecule has 0 fully saturated rings. The van der Waals surface area contributed by atoms with E-state index in [1.807, 2.05) is 6.07 Å². The molecular formula is C42H54CaO10S2. The molecular weight excluding hydrogens is 769 g/mol. The summed E-state index contributed by atoms with van der Waals surface area (Å²) in [5.74, 6) is 0.230. The van der Waals surface area contributed by atoms with E-state index in [1.54, 1.807) is 54.6 Å². The van der Waals surface area contributed by atoms with Gasteiger partial charge in [-0.15, -0.1) is 5.75 Å². The van der Waals surface area contributed by atoms with Crippen molar-refractivity contribution in [3.05, 3.63) is 96.1 Å². The van der Waals surface area contributed by atoms with E-state index >= 15 is 0 Å². The summed E-state index contributed by atoms with van der Waals surface area (Å²) < 4.78 is 79.6. The summed E-state index contributed by atoms with van der Waals surface area (Å²) >= 11 is 0. The van der Waals surface area contributed by atoms with Gasteiger partial charge in [-0.2, -0.15) is 8.42 Å². The molecule has 2 N–H and O–H groups in total. The van der Waals surface area contributed by atoms with E-state index in [2.05, 4.69) is 13.8 Å². The molecule has 0 atom stereocenters. The number of phenolic OH excluding ortho intramolecular Hbond substituents is 1. The molecule has 0 heterocycles. The fraction of sp³-hybridized carbons (Fsp3) is 0.429. The number of ether oxygens (including phenoxy) is 2. The Morgan fingerprint density at radius 3 is 1.38 bits per heavy atom. The Kier molecular flexibility index (Phi) is 22.3. The maximum absolute atomic E-state index is 11.9. The van der Waals surface area contributed by atoms with E-state index in [1.165, 1.54) is 63.5 Å². The molecule has 0 amide bonds. The van der Waals surface area contributed by atoms with Crippen LogP contribution < -0.4 is 14.6 Å². The molecule has 0 radical (unpaired) electrons. The first-order valence-corrected chi connectivity index (χ1v) is 21.8. The molecule has 0 saturated heterocycles. The summed E-state index contributed by atoms with van der Waals surface area (Å²) in [5, 5.41) is 21.8. The first-order chi connectivity index (χ1) is 25.8. The zero-order valence-corrected chi connectivity index (χ0v) is 35.9. The number of hydrogen-bond acceptors (Lipinski definition) is 9. The summed E-state index contributed by atoms with van der Waals surface area (Å²) in [7, 11) is -9.35. The minimum Gasteiger partial charge on any atom is -0.872 e. The van der Waals surface area contributed by atoms with E-state index in [-0.39, 0.29) is 55.0 Å². The number of aryl methyl sites for hydroxylation is 2. The monoisotopic (exact) mass is 822 g/mol. The molecule has 0 aliphatic heterocycles. The van der Waals surface area contributed by atoms with Crippen LogP contribution in [0.2, 0.25) is 0 Å². The van der Waals surface area contributed by atoms with E-state index in [0.29, 0.717) is 35.5 Å². The maximum atomic E-state index is 11.9. The third kappa shape index (κ3) is 17.9. The molecule has 55 heavy (non-hydrogen) atoms. The van der Waals surface area contributed by atoms with Crippen molar-refractivity contribution in [2.45, 2.75) is 126 Å². The van der Waals surface area contributed by atoms with Crippen LogP contribution >= 0.6 is 0 Å². The van der Waals surface area contributed by atoms with Crippen LogP contribution in [0, 0.1) is 0 Å². The van der Waals surface area contributed by atoms with Gasteiger partial charge in [-0.3, -0.25) is 4.55 Å². The van der Waals surface area contributed by atoms with Gasteiger partial charge in [-0.25, -0.2) is 8.42 Å². The van der Waals surface area contributed by atoms with Crippen molar-refractivity contribution in [1.29, 1.82) is 0 Å². The van der Waals surface area contributed by atoms with E-state index < -0.39 is 35.8 Å². The number of para-hydroxylation sites is 2. The molecule has 0 aromatic heterocycles. The molecule has 0 bridgehead atoms. The average Bonchev–Trinajstić information content (AvgIpc) is 3.13. The second-order valence-electron chi connectivity index (χ2n) is 13.3. The molecule has 4 aromatic rings. The van der Waals surface area contributed by atoms with Crippen LogP contribution in [0.25, 0.3) is 0 Å². The first-order valence-electron chi connectivity index (χ1n) is 18.9. The van der Waals surface area contributed by atoms with Gasteiger partial charge < -0.3 is 24.2 Å². The van der Waals surface area contributed by atoms with Gasteiger partial charge in [0.2, 0.25) is 0 Å². The molecule has 0 spiro atoms. The van der Waals surface area contributed by atoms with Gasteiger partial charge in [0.05, 0.1) is 4.90 Å². The zero-order chi connectivity index (χ0) is 39.4. The minimum absolute atomic E-state index is 0. The van der Waals surface area contributed by atoms with E-state index in [0.717, 1.165) is 50.7 Å². The van der Waals surface area contributed by atoms with Gasteiger partial charge in [0.15, 0.2) is 5.75 Å². The van der Waals surface area contributed by atoms with Gasteiger partial charge in [-0.05, 0) is 73.2 Å². The van der Waals surface area contributed by atoms with Crippen molar-refractivity contribution >= 4 is 58.0 Å². The first kappa shape index (κ1) is 48.3. The summed E-state index contributed by atoms with van der Waals surface area (Å²) in [4.78, 5) is -0.999. The normalized spacial score (nSPS) is 11.3. The maximum Gasteiger partial charge on any atom is 2.00 e. The van der Waals surface area contributed by atoms with Crippen molar-refractivity contribution in [1.82, 2.24) is 0 Å². The Labute approximate surface area is 357 Å². The molecule has 4 rings (SSSR count). The van der Waals surface area contributed by atoms with Gasteiger partial charge in [-0.1, -0.05) is 133 Å². The summed E-state index contributed by atoms with van der Waals surface area (Å²) in [6.45, 7) is 4.36. The zero-order valence-electron chi connectivity index (χ0n) is 32.1. The Morgan fingerprint density at radius 1 is 0.564 bits per heavy atom.